The number of benzene rings is 1. The average molecular weight is 220 g/mol. The number of carboxylic acid groups (broad SMARTS) is 1. The lowest BCUT2D eigenvalue weighted by atomic mass is 9.96. The van der Waals surface area contributed by atoms with E-state index in [2.05, 4.69) is 6.07 Å². The molecular formula is C13H16O3. The monoisotopic (exact) mass is 220 g/mol. The van der Waals surface area contributed by atoms with Crippen molar-refractivity contribution in [3.05, 3.63) is 29.3 Å². The van der Waals surface area contributed by atoms with Gasteiger partial charge in [-0.15, -0.1) is 0 Å². The lowest BCUT2D eigenvalue weighted by Gasteiger charge is -2.09. The van der Waals surface area contributed by atoms with Crippen LogP contribution in [0, 0.1) is 5.92 Å². The van der Waals surface area contributed by atoms with Crippen molar-refractivity contribution in [2.24, 2.45) is 5.92 Å². The SMILES string of the molecule is CC(CC(=O)O)Cc1ccc2c(c1)CCO2. The van der Waals surface area contributed by atoms with E-state index >= 15 is 0 Å². The van der Waals surface area contributed by atoms with Crippen LogP contribution >= 0.6 is 0 Å². The van der Waals surface area contributed by atoms with Crippen LogP contribution in [0.25, 0.3) is 0 Å². The molecule has 2 rings (SSSR count). The maximum absolute atomic E-state index is 10.6. The van der Waals surface area contributed by atoms with E-state index in [1.54, 1.807) is 0 Å². The molecule has 0 radical (unpaired) electrons. The van der Waals surface area contributed by atoms with Crippen LogP contribution in [0.3, 0.4) is 0 Å². The minimum absolute atomic E-state index is 0.179. The molecule has 1 aliphatic rings. The molecule has 3 heteroatoms. The first-order chi connectivity index (χ1) is 7.65. The molecule has 0 amide bonds. The first-order valence-corrected chi connectivity index (χ1v) is 5.61. The van der Waals surface area contributed by atoms with E-state index in [0.717, 1.165) is 25.2 Å². The number of carbonyl (C=O) groups is 1. The summed E-state index contributed by atoms with van der Waals surface area (Å²) in [5.41, 5.74) is 2.46. The molecule has 1 aromatic rings. The van der Waals surface area contributed by atoms with Crippen LogP contribution in [-0.2, 0) is 17.6 Å². The van der Waals surface area contributed by atoms with Gasteiger partial charge in [0.1, 0.15) is 5.75 Å². The summed E-state index contributed by atoms with van der Waals surface area (Å²) in [6.45, 7) is 2.74. The third-order valence-electron chi connectivity index (χ3n) is 2.86. The van der Waals surface area contributed by atoms with E-state index in [0.29, 0.717) is 0 Å². The zero-order valence-electron chi connectivity index (χ0n) is 9.40. The first kappa shape index (κ1) is 11.0. The van der Waals surface area contributed by atoms with E-state index in [4.69, 9.17) is 9.84 Å². The van der Waals surface area contributed by atoms with E-state index < -0.39 is 5.97 Å². The maximum Gasteiger partial charge on any atom is 0.303 e. The van der Waals surface area contributed by atoms with Crippen LogP contribution in [0.2, 0.25) is 0 Å². The summed E-state index contributed by atoms with van der Waals surface area (Å²) in [4.78, 5) is 10.6. The minimum Gasteiger partial charge on any atom is -0.493 e. The van der Waals surface area contributed by atoms with Gasteiger partial charge in [0.05, 0.1) is 6.61 Å². The Kier molecular flexibility index (Phi) is 3.13. The van der Waals surface area contributed by atoms with Crippen LogP contribution in [0.1, 0.15) is 24.5 Å². The number of fused-ring (bicyclic) bond motifs is 1. The van der Waals surface area contributed by atoms with E-state index in [1.165, 1.54) is 11.1 Å². The zero-order valence-corrected chi connectivity index (χ0v) is 9.40. The summed E-state index contributed by atoms with van der Waals surface area (Å²) < 4.78 is 5.43. The normalized spacial score (nSPS) is 15.3. The highest BCUT2D eigenvalue weighted by Gasteiger charge is 2.14. The molecule has 1 unspecified atom stereocenters. The molecule has 3 nitrogen and oxygen atoms in total. The fourth-order valence-corrected chi connectivity index (χ4v) is 2.14. The van der Waals surface area contributed by atoms with E-state index in [1.807, 2.05) is 19.1 Å². The van der Waals surface area contributed by atoms with Crippen LogP contribution in [0.5, 0.6) is 5.75 Å². The molecule has 0 aliphatic carbocycles. The molecule has 86 valence electrons. The largest absolute Gasteiger partial charge is 0.493 e. The third kappa shape index (κ3) is 2.54. The molecule has 0 aromatic heterocycles. The molecule has 0 saturated heterocycles. The minimum atomic E-state index is -0.725. The van der Waals surface area contributed by atoms with Crippen molar-refractivity contribution >= 4 is 5.97 Å². The first-order valence-electron chi connectivity index (χ1n) is 5.61. The fraction of sp³-hybridized carbons (Fsp3) is 0.462. The Morgan fingerprint density at radius 1 is 1.56 bits per heavy atom. The van der Waals surface area contributed by atoms with Crippen LogP contribution in [0.4, 0.5) is 0 Å². The fourth-order valence-electron chi connectivity index (χ4n) is 2.14. The lowest BCUT2D eigenvalue weighted by Crippen LogP contribution is -2.07. The van der Waals surface area contributed by atoms with Crippen molar-refractivity contribution in [2.45, 2.75) is 26.2 Å². The second kappa shape index (κ2) is 4.56. The van der Waals surface area contributed by atoms with Crippen molar-refractivity contribution in [2.75, 3.05) is 6.61 Å². The molecular weight excluding hydrogens is 204 g/mol. The Labute approximate surface area is 95.0 Å². The lowest BCUT2D eigenvalue weighted by molar-refractivity contribution is -0.137. The zero-order chi connectivity index (χ0) is 11.5. The number of carboxylic acids is 1. The van der Waals surface area contributed by atoms with Gasteiger partial charge in [-0.1, -0.05) is 19.1 Å². The van der Waals surface area contributed by atoms with Gasteiger partial charge in [-0.25, -0.2) is 0 Å². The molecule has 1 atom stereocenters. The highest BCUT2D eigenvalue weighted by Crippen LogP contribution is 2.27. The molecule has 0 bridgehead atoms. The van der Waals surface area contributed by atoms with Gasteiger partial charge >= 0.3 is 5.97 Å². The van der Waals surface area contributed by atoms with Crippen molar-refractivity contribution in [3.63, 3.8) is 0 Å². The van der Waals surface area contributed by atoms with Crippen molar-refractivity contribution in [1.29, 1.82) is 0 Å². The van der Waals surface area contributed by atoms with Gasteiger partial charge in [-0.3, -0.25) is 4.79 Å². The predicted octanol–water partition coefficient (Wildman–Crippen LogP) is 2.27. The van der Waals surface area contributed by atoms with Gasteiger partial charge in [-0.05, 0) is 29.5 Å². The van der Waals surface area contributed by atoms with Crippen molar-refractivity contribution < 1.29 is 14.6 Å². The highest BCUT2D eigenvalue weighted by molar-refractivity contribution is 5.67. The number of rotatable bonds is 4. The van der Waals surface area contributed by atoms with Gasteiger partial charge < -0.3 is 9.84 Å². The second-order valence-corrected chi connectivity index (χ2v) is 4.45. The van der Waals surface area contributed by atoms with Crippen LogP contribution in [-0.4, -0.2) is 17.7 Å². The molecule has 0 fully saturated rings. The molecule has 0 spiro atoms. The molecule has 1 N–H and O–H groups in total. The summed E-state index contributed by atoms with van der Waals surface area (Å²) in [5.74, 6) is 0.435. The quantitative estimate of drug-likeness (QED) is 0.846. The molecule has 16 heavy (non-hydrogen) atoms. The van der Waals surface area contributed by atoms with Gasteiger partial charge in [0, 0.05) is 12.8 Å². The Morgan fingerprint density at radius 3 is 3.12 bits per heavy atom. The Hall–Kier alpha value is -1.51. The number of aliphatic carboxylic acids is 1. The summed E-state index contributed by atoms with van der Waals surface area (Å²) >= 11 is 0. The summed E-state index contributed by atoms with van der Waals surface area (Å²) in [6, 6.07) is 6.16. The van der Waals surface area contributed by atoms with Gasteiger partial charge in [-0.2, -0.15) is 0 Å². The smallest absolute Gasteiger partial charge is 0.303 e. The molecule has 1 aliphatic heterocycles. The van der Waals surface area contributed by atoms with Crippen molar-refractivity contribution in [1.82, 2.24) is 0 Å². The average Bonchev–Trinajstić information content (AvgIpc) is 2.63. The summed E-state index contributed by atoms with van der Waals surface area (Å²) in [6.07, 6.45) is 2.02. The second-order valence-electron chi connectivity index (χ2n) is 4.45. The molecule has 1 aromatic carbocycles. The summed E-state index contributed by atoms with van der Waals surface area (Å²) in [5, 5.41) is 8.70. The van der Waals surface area contributed by atoms with E-state index in [9.17, 15) is 4.79 Å². The number of ether oxygens (including phenoxy) is 1. The topological polar surface area (TPSA) is 46.5 Å². The number of hydrogen-bond acceptors (Lipinski definition) is 2. The van der Waals surface area contributed by atoms with E-state index in [-0.39, 0.29) is 12.3 Å². The highest BCUT2D eigenvalue weighted by atomic mass is 16.5. The van der Waals surface area contributed by atoms with Gasteiger partial charge in [0.25, 0.3) is 0 Å². The van der Waals surface area contributed by atoms with Gasteiger partial charge in [0.2, 0.25) is 0 Å². The Morgan fingerprint density at radius 2 is 2.38 bits per heavy atom. The van der Waals surface area contributed by atoms with Crippen LogP contribution in [0.15, 0.2) is 18.2 Å². The Bertz CT molecular complexity index is 398. The summed E-state index contributed by atoms with van der Waals surface area (Å²) in [7, 11) is 0. The third-order valence-corrected chi connectivity index (χ3v) is 2.86. The van der Waals surface area contributed by atoms with Crippen molar-refractivity contribution in [3.8, 4) is 5.75 Å². The van der Waals surface area contributed by atoms with Crippen LogP contribution < -0.4 is 4.74 Å². The molecule has 0 saturated carbocycles. The van der Waals surface area contributed by atoms with Gasteiger partial charge in [0.15, 0.2) is 0 Å². The number of hydrogen-bond donors (Lipinski definition) is 1. The standard InChI is InChI=1S/C13H16O3/c1-9(7-13(14)15)6-10-2-3-12-11(8-10)4-5-16-12/h2-3,8-9H,4-7H2,1H3,(H,14,15). The maximum atomic E-state index is 10.6. The molecule has 1 heterocycles. The predicted molar refractivity (Wildman–Crippen MR) is 60.8 cm³/mol. The Balaban J connectivity index is 2.02.